The molecular weight excluding hydrogens is 268 g/mol. The van der Waals surface area contributed by atoms with Crippen molar-refractivity contribution in [2.45, 2.75) is 44.3 Å². The van der Waals surface area contributed by atoms with E-state index in [9.17, 15) is 0 Å². The predicted molar refractivity (Wildman–Crippen MR) is 74.6 cm³/mol. The topological polar surface area (TPSA) is 0 Å². The molecule has 2 heteroatoms. The molecule has 0 aliphatic carbocycles. The Morgan fingerprint density at radius 3 is 1.93 bits per heavy atom. The van der Waals surface area contributed by atoms with Crippen LogP contribution in [0.15, 0.2) is 28.7 Å². The van der Waals surface area contributed by atoms with Crippen molar-refractivity contribution in [1.82, 2.24) is 0 Å². The van der Waals surface area contributed by atoms with E-state index in [0.29, 0.717) is 0 Å². The van der Waals surface area contributed by atoms with Gasteiger partial charge in [0.1, 0.15) is 0 Å². The van der Waals surface area contributed by atoms with Crippen molar-refractivity contribution in [3.63, 3.8) is 0 Å². The van der Waals surface area contributed by atoms with E-state index in [2.05, 4.69) is 54.0 Å². The highest BCUT2D eigenvalue weighted by Gasteiger charge is 2.25. The Morgan fingerprint density at radius 2 is 1.53 bits per heavy atom. The van der Waals surface area contributed by atoms with Crippen LogP contribution < -0.4 is 0 Å². The summed E-state index contributed by atoms with van der Waals surface area (Å²) in [6.45, 7) is 4.44. The van der Waals surface area contributed by atoms with Gasteiger partial charge in [0.15, 0.2) is 0 Å². The molecule has 0 atom stereocenters. The average molecular weight is 287 g/mol. The lowest BCUT2D eigenvalue weighted by molar-refractivity contribution is 0.514. The highest BCUT2D eigenvalue weighted by molar-refractivity contribution is 9.10. The molecule has 0 heterocycles. The van der Waals surface area contributed by atoms with E-state index < -0.39 is 0 Å². The minimum absolute atomic E-state index is 0.0597. The van der Waals surface area contributed by atoms with Gasteiger partial charge in [0.25, 0.3) is 0 Å². The molecule has 0 nitrogen and oxygen atoms in total. The molecule has 0 bridgehead atoms. The molecule has 0 spiro atoms. The second-order valence-electron chi connectivity index (χ2n) is 4.04. The average Bonchev–Trinajstić information content (AvgIpc) is 2.19. The lowest BCUT2D eigenvalue weighted by Crippen LogP contribution is -2.18. The summed E-state index contributed by atoms with van der Waals surface area (Å²) < 4.78 is 1.19. The van der Waals surface area contributed by atoms with E-state index >= 15 is 0 Å². The van der Waals surface area contributed by atoms with Crippen LogP contribution in [-0.2, 0) is 4.75 Å². The van der Waals surface area contributed by atoms with E-state index in [1.807, 2.05) is 0 Å². The molecule has 84 valence electrons. The highest BCUT2D eigenvalue weighted by atomic mass is 79.9. The number of rotatable bonds is 5. The molecule has 15 heavy (non-hydrogen) atoms. The van der Waals surface area contributed by atoms with Gasteiger partial charge in [-0.1, -0.05) is 54.8 Å². The Balaban J connectivity index is 2.92. The molecular formula is C13H19BrS. The van der Waals surface area contributed by atoms with Crippen LogP contribution >= 0.6 is 28.6 Å². The maximum atomic E-state index is 4.89. The van der Waals surface area contributed by atoms with Crippen LogP contribution in [-0.4, -0.2) is 0 Å². The Morgan fingerprint density at radius 1 is 1.07 bits per heavy atom. The predicted octanol–water partition coefficient (Wildman–Crippen LogP) is 5.17. The van der Waals surface area contributed by atoms with Gasteiger partial charge in [-0.05, 0) is 30.5 Å². The fraction of sp³-hybridized carbons (Fsp3) is 0.538. The van der Waals surface area contributed by atoms with Crippen LogP contribution in [0.3, 0.4) is 0 Å². The second-order valence-corrected chi connectivity index (χ2v) is 5.81. The van der Waals surface area contributed by atoms with Crippen LogP contribution in [0.4, 0.5) is 0 Å². The molecule has 0 fully saturated rings. The summed E-state index contributed by atoms with van der Waals surface area (Å²) in [6, 6.07) is 8.57. The van der Waals surface area contributed by atoms with Crippen molar-refractivity contribution in [3.05, 3.63) is 34.3 Å². The molecule has 0 unspecified atom stereocenters. The van der Waals surface area contributed by atoms with Gasteiger partial charge in [-0.2, -0.15) is 12.6 Å². The van der Waals surface area contributed by atoms with Crippen molar-refractivity contribution in [2.75, 3.05) is 0 Å². The lowest BCUT2D eigenvalue weighted by Gasteiger charge is -2.28. The largest absolute Gasteiger partial charge is 0.168 e. The van der Waals surface area contributed by atoms with E-state index in [1.54, 1.807) is 0 Å². The number of hydrogen-bond acceptors (Lipinski definition) is 1. The van der Waals surface area contributed by atoms with Gasteiger partial charge in [-0.3, -0.25) is 0 Å². The van der Waals surface area contributed by atoms with E-state index in [-0.39, 0.29) is 4.75 Å². The van der Waals surface area contributed by atoms with Crippen LogP contribution in [0.2, 0.25) is 0 Å². The molecule has 0 N–H and O–H groups in total. The van der Waals surface area contributed by atoms with Gasteiger partial charge in [0.2, 0.25) is 0 Å². The quantitative estimate of drug-likeness (QED) is 0.709. The van der Waals surface area contributed by atoms with Gasteiger partial charge >= 0.3 is 0 Å². The first kappa shape index (κ1) is 13.1. The number of benzene rings is 1. The lowest BCUT2D eigenvalue weighted by atomic mass is 9.89. The smallest absolute Gasteiger partial charge is 0.0378 e. The van der Waals surface area contributed by atoms with E-state index in [1.165, 1.54) is 18.4 Å². The SMILES string of the molecule is CCCC(S)(CCC)c1ccc(Br)cc1. The Hall–Kier alpha value is 0.0500. The Kier molecular flexibility index (Phi) is 5.20. The monoisotopic (exact) mass is 286 g/mol. The maximum absolute atomic E-state index is 4.89. The molecule has 0 aliphatic rings. The summed E-state index contributed by atoms with van der Waals surface area (Å²) in [5, 5.41) is 0. The Bertz CT molecular complexity index is 286. The van der Waals surface area contributed by atoms with Crippen molar-refractivity contribution in [2.24, 2.45) is 0 Å². The second kappa shape index (κ2) is 5.95. The summed E-state index contributed by atoms with van der Waals surface area (Å²) in [7, 11) is 0. The van der Waals surface area contributed by atoms with Gasteiger partial charge in [-0.25, -0.2) is 0 Å². The summed E-state index contributed by atoms with van der Waals surface area (Å²) >= 11 is 8.35. The van der Waals surface area contributed by atoms with Gasteiger partial charge < -0.3 is 0 Å². The van der Waals surface area contributed by atoms with E-state index in [0.717, 1.165) is 17.3 Å². The standard InChI is InChI=1S/C13H19BrS/c1-3-9-13(15,10-4-2)11-5-7-12(14)8-6-11/h5-8,15H,3-4,9-10H2,1-2H3. The minimum Gasteiger partial charge on any atom is -0.168 e. The molecule has 0 saturated carbocycles. The third kappa shape index (κ3) is 3.53. The number of hydrogen-bond donors (Lipinski definition) is 1. The number of halogens is 1. The van der Waals surface area contributed by atoms with Gasteiger partial charge in [-0.15, -0.1) is 0 Å². The van der Waals surface area contributed by atoms with E-state index in [4.69, 9.17) is 12.6 Å². The molecule has 0 radical (unpaired) electrons. The molecule has 0 aliphatic heterocycles. The first-order valence-electron chi connectivity index (χ1n) is 5.61. The fourth-order valence-corrected chi connectivity index (χ4v) is 2.86. The molecule has 1 rings (SSSR count). The van der Waals surface area contributed by atoms with Crippen molar-refractivity contribution >= 4 is 28.6 Å². The summed E-state index contributed by atoms with van der Waals surface area (Å²) in [6.07, 6.45) is 4.65. The minimum atomic E-state index is 0.0597. The Labute approximate surface area is 107 Å². The zero-order chi connectivity index (χ0) is 11.3. The van der Waals surface area contributed by atoms with Gasteiger partial charge in [0.05, 0.1) is 0 Å². The molecule has 1 aromatic carbocycles. The fourth-order valence-electron chi connectivity index (χ4n) is 2.00. The van der Waals surface area contributed by atoms with Crippen LogP contribution in [0.1, 0.15) is 45.1 Å². The van der Waals surface area contributed by atoms with Gasteiger partial charge in [0, 0.05) is 9.22 Å². The first-order valence-corrected chi connectivity index (χ1v) is 6.85. The molecule has 0 amide bonds. The number of thiol groups is 1. The molecule has 1 aromatic rings. The molecule has 0 saturated heterocycles. The van der Waals surface area contributed by atoms with Crippen LogP contribution in [0.5, 0.6) is 0 Å². The summed E-state index contributed by atoms with van der Waals surface area (Å²) in [4.78, 5) is 0. The molecule has 0 aromatic heterocycles. The zero-order valence-electron chi connectivity index (χ0n) is 9.46. The normalized spacial score (nSPS) is 11.7. The first-order chi connectivity index (χ1) is 7.12. The summed E-state index contributed by atoms with van der Waals surface area (Å²) in [5.41, 5.74) is 1.35. The third-order valence-electron chi connectivity index (χ3n) is 2.71. The van der Waals surface area contributed by atoms with Crippen molar-refractivity contribution in [3.8, 4) is 0 Å². The van der Waals surface area contributed by atoms with Crippen LogP contribution in [0, 0.1) is 0 Å². The maximum Gasteiger partial charge on any atom is 0.0378 e. The summed E-state index contributed by atoms with van der Waals surface area (Å²) in [5.74, 6) is 0. The van der Waals surface area contributed by atoms with Crippen molar-refractivity contribution < 1.29 is 0 Å². The zero-order valence-corrected chi connectivity index (χ0v) is 11.9. The van der Waals surface area contributed by atoms with Crippen molar-refractivity contribution in [1.29, 1.82) is 0 Å². The third-order valence-corrected chi connectivity index (χ3v) is 3.94. The van der Waals surface area contributed by atoms with Crippen LogP contribution in [0.25, 0.3) is 0 Å². The highest BCUT2D eigenvalue weighted by Crippen LogP contribution is 2.38.